The molecule has 0 spiro atoms. The fourth-order valence-electron chi connectivity index (χ4n) is 6.53. The van der Waals surface area contributed by atoms with Gasteiger partial charge in [-0.15, -0.1) is 0 Å². The summed E-state index contributed by atoms with van der Waals surface area (Å²) in [6.45, 7) is 4.76. The van der Waals surface area contributed by atoms with Gasteiger partial charge in [0.1, 0.15) is 0 Å². The summed E-state index contributed by atoms with van der Waals surface area (Å²) >= 11 is 0. The summed E-state index contributed by atoms with van der Waals surface area (Å²) in [5.74, 6) is 2.57. The highest BCUT2D eigenvalue weighted by molar-refractivity contribution is 5.91. The van der Waals surface area contributed by atoms with Crippen LogP contribution in [0.15, 0.2) is 11.6 Å². The third-order valence-electron chi connectivity index (χ3n) is 7.91. The van der Waals surface area contributed by atoms with Gasteiger partial charge in [-0.1, -0.05) is 19.4 Å². The standard InChI is InChI=1S/C19H28O2/c1-18-9-7-13(20)11-12(18)3-4-14-15-5-6-17(21)19(15,2)10-8-16(14)18/h11,14-17,21H,3-10H2,1-2H3/t14?,15-,16-,17-,18-,19-/m0/s1. The zero-order valence-corrected chi connectivity index (χ0v) is 13.4. The summed E-state index contributed by atoms with van der Waals surface area (Å²) in [6.07, 6.45) is 10.7. The Hall–Kier alpha value is -0.630. The molecular weight excluding hydrogens is 260 g/mol. The summed E-state index contributed by atoms with van der Waals surface area (Å²) in [5.41, 5.74) is 1.89. The van der Waals surface area contributed by atoms with Gasteiger partial charge >= 0.3 is 0 Å². The van der Waals surface area contributed by atoms with E-state index in [1.54, 1.807) is 0 Å². The molecule has 3 fully saturated rings. The largest absolute Gasteiger partial charge is 0.393 e. The number of allylic oxidation sites excluding steroid dienone is 1. The van der Waals surface area contributed by atoms with Crippen LogP contribution >= 0.6 is 0 Å². The molecule has 0 aromatic heterocycles. The molecule has 116 valence electrons. The first-order valence-electron chi connectivity index (χ1n) is 8.87. The minimum Gasteiger partial charge on any atom is -0.393 e. The Balaban J connectivity index is 1.69. The number of ketones is 1. The van der Waals surface area contributed by atoms with E-state index in [0.717, 1.165) is 37.5 Å². The number of carbonyl (C=O) groups is 1. The van der Waals surface area contributed by atoms with Gasteiger partial charge in [0.15, 0.2) is 5.78 Å². The monoisotopic (exact) mass is 288 g/mol. The molecular formula is C19H28O2. The predicted molar refractivity (Wildman–Crippen MR) is 82.7 cm³/mol. The number of hydrogen-bond acceptors (Lipinski definition) is 2. The normalized spacial score (nSPS) is 52.7. The maximum atomic E-state index is 11.8. The van der Waals surface area contributed by atoms with Crippen LogP contribution in [0.1, 0.15) is 65.2 Å². The van der Waals surface area contributed by atoms with Gasteiger partial charge in [-0.05, 0) is 79.6 Å². The van der Waals surface area contributed by atoms with Crippen LogP contribution in [0.2, 0.25) is 0 Å². The third-order valence-corrected chi connectivity index (χ3v) is 7.91. The van der Waals surface area contributed by atoms with Gasteiger partial charge in [-0.2, -0.15) is 0 Å². The summed E-state index contributed by atoms with van der Waals surface area (Å²) in [5, 5.41) is 10.4. The average Bonchev–Trinajstić information content (AvgIpc) is 2.76. The number of rotatable bonds is 0. The second kappa shape index (κ2) is 4.44. The van der Waals surface area contributed by atoms with Crippen molar-refractivity contribution >= 4 is 5.78 Å². The Kier molecular flexibility index (Phi) is 2.96. The Morgan fingerprint density at radius 1 is 1.05 bits per heavy atom. The van der Waals surface area contributed by atoms with Crippen molar-refractivity contribution in [2.45, 2.75) is 71.3 Å². The Morgan fingerprint density at radius 3 is 2.67 bits per heavy atom. The lowest BCUT2D eigenvalue weighted by Crippen LogP contribution is -2.51. The molecule has 6 atom stereocenters. The Morgan fingerprint density at radius 2 is 1.86 bits per heavy atom. The van der Waals surface area contributed by atoms with E-state index < -0.39 is 0 Å². The Labute approximate surface area is 128 Å². The predicted octanol–water partition coefficient (Wildman–Crippen LogP) is 3.88. The molecule has 0 aliphatic heterocycles. The lowest BCUT2D eigenvalue weighted by atomic mass is 9.47. The number of aliphatic hydroxyl groups is 1. The molecule has 0 saturated heterocycles. The highest BCUT2D eigenvalue weighted by atomic mass is 16.3. The molecule has 2 heteroatoms. The fraction of sp³-hybridized carbons (Fsp3) is 0.842. The maximum absolute atomic E-state index is 11.8. The van der Waals surface area contributed by atoms with Crippen molar-refractivity contribution in [3.63, 3.8) is 0 Å². The summed E-state index contributed by atoms with van der Waals surface area (Å²) in [7, 11) is 0. The van der Waals surface area contributed by atoms with Gasteiger partial charge in [0, 0.05) is 6.42 Å². The molecule has 4 aliphatic rings. The van der Waals surface area contributed by atoms with E-state index in [-0.39, 0.29) is 16.9 Å². The second-order valence-electron chi connectivity index (χ2n) is 8.61. The summed E-state index contributed by atoms with van der Waals surface area (Å²) < 4.78 is 0. The molecule has 4 rings (SSSR count). The topological polar surface area (TPSA) is 37.3 Å². The lowest BCUT2D eigenvalue weighted by molar-refractivity contribution is -0.118. The van der Waals surface area contributed by atoms with Crippen LogP contribution in [-0.4, -0.2) is 17.0 Å². The van der Waals surface area contributed by atoms with Gasteiger partial charge in [-0.25, -0.2) is 0 Å². The molecule has 1 N–H and O–H groups in total. The Bertz CT molecular complexity index is 508. The molecule has 0 aromatic rings. The van der Waals surface area contributed by atoms with Crippen LogP contribution in [0.5, 0.6) is 0 Å². The van der Waals surface area contributed by atoms with Gasteiger partial charge in [-0.3, -0.25) is 4.79 Å². The highest BCUT2D eigenvalue weighted by Crippen LogP contribution is 2.65. The molecule has 0 amide bonds. The zero-order valence-electron chi connectivity index (χ0n) is 13.4. The molecule has 3 saturated carbocycles. The molecule has 4 aliphatic carbocycles. The van der Waals surface area contributed by atoms with E-state index in [2.05, 4.69) is 13.8 Å². The maximum Gasteiger partial charge on any atom is 0.155 e. The van der Waals surface area contributed by atoms with Crippen molar-refractivity contribution in [1.82, 2.24) is 0 Å². The number of fused-ring (bicyclic) bond motifs is 5. The van der Waals surface area contributed by atoms with Crippen LogP contribution in [-0.2, 0) is 4.79 Å². The van der Waals surface area contributed by atoms with Crippen LogP contribution < -0.4 is 0 Å². The van der Waals surface area contributed by atoms with Crippen LogP contribution in [0, 0.1) is 28.6 Å². The fourth-order valence-corrected chi connectivity index (χ4v) is 6.53. The minimum atomic E-state index is -0.0823. The van der Waals surface area contributed by atoms with Crippen molar-refractivity contribution in [3.05, 3.63) is 11.6 Å². The van der Waals surface area contributed by atoms with Crippen LogP contribution in [0.3, 0.4) is 0 Å². The van der Waals surface area contributed by atoms with E-state index in [0.29, 0.717) is 11.7 Å². The zero-order chi connectivity index (χ0) is 14.8. The number of aliphatic hydroxyl groups excluding tert-OH is 1. The minimum absolute atomic E-state index is 0.0823. The molecule has 0 aromatic carbocycles. The molecule has 1 unspecified atom stereocenters. The quantitative estimate of drug-likeness (QED) is 0.734. The van der Waals surface area contributed by atoms with E-state index >= 15 is 0 Å². The number of carbonyl (C=O) groups excluding carboxylic acids is 1. The van der Waals surface area contributed by atoms with Gasteiger partial charge in [0.2, 0.25) is 0 Å². The smallest absolute Gasteiger partial charge is 0.155 e. The second-order valence-corrected chi connectivity index (χ2v) is 8.61. The number of hydrogen-bond donors (Lipinski definition) is 1. The van der Waals surface area contributed by atoms with Crippen LogP contribution in [0.25, 0.3) is 0 Å². The molecule has 0 heterocycles. The third kappa shape index (κ3) is 1.78. The molecule has 0 radical (unpaired) electrons. The van der Waals surface area contributed by atoms with Crippen molar-refractivity contribution in [1.29, 1.82) is 0 Å². The summed E-state index contributed by atoms with van der Waals surface area (Å²) in [6, 6.07) is 0. The van der Waals surface area contributed by atoms with Crippen molar-refractivity contribution in [2.24, 2.45) is 28.6 Å². The molecule has 0 bridgehead atoms. The van der Waals surface area contributed by atoms with E-state index in [9.17, 15) is 9.90 Å². The van der Waals surface area contributed by atoms with E-state index in [4.69, 9.17) is 0 Å². The lowest BCUT2D eigenvalue weighted by Gasteiger charge is -2.57. The first-order chi connectivity index (χ1) is 9.95. The van der Waals surface area contributed by atoms with Gasteiger partial charge < -0.3 is 5.11 Å². The SMILES string of the molecule is C[C@]12CC[C@H]3C(CCC4=CC(=O)CC[C@@]43C)[C@@H]1CC[C@@H]2O. The first-order valence-corrected chi connectivity index (χ1v) is 8.87. The van der Waals surface area contributed by atoms with Gasteiger partial charge in [0.25, 0.3) is 0 Å². The average molecular weight is 288 g/mol. The van der Waals surface area contributed by atoms with Crippen molar-refractivity contribution < 1.29 is 9.90 Å². The molecule has 2 nitrogen and oxygen atoms in total. The first kappa shape index (κ1) is 14.0. The van der Waals surface area contributed by atoms with Crippen molar-refractivity contribution in [3.8, 4) is 0 Å². The van der Waals surface area contributed by atoms with E-state index in [1.165, 1.54) is 31.3 Å². The van der Waals surface area contributed by atoms with E-state index in [1.807, 2.05) is 6.08 Å². The summed E-state index contributed by atoms with van der Waals surface area (Å²) in [4.78, 5) is 11.8. The van der Waals surface area contributed by atoms with Gasteiger partial charge in [0.05, 0.1) is 6.10 Å². The molecule has 21 heavy (non-hydrogen) atoms. The van der Waals surface area contributed by atoms with Crippen molar-refractivity contribution in [2.75, 3.05) is 0 Å². The highest BCUT2D eigenvalue weighted by Gasteiger charge is 2.58. The van der Waals surface area contributed by atoms with Crippen LogP contribution in [0.4, 0.5) is 0 Å².